The molecule has 0 saturated heterocycles. The van der Waals surface area contributed by atoms with Crippen molar-refractivity contribution in [3.63, 3.8) is 0 Å². The van der Waals surface area contributed by atoms with Gasteiger partial charge in [-0.25, -0.2) is 4.98 Å². The summed E-state index contributed by atoms with van der Waals surface area (Å²) in [6.45, 7) is 11.8. The Morgan fingerprint density at radius 1 is 1.10 bits per heavy atom. The number of unbranched alkanes of at least 4 members (excludes halogenated alkanes) is 2. The number of nitrogens with zero attached hydrogens (tertiary/aromatic N) is 1. The molecule has 5 nitrogen and oxygen atoms in total. The molecule has 166 valence electrons. The summed E-state index contributed by atoms with van der Waals surface area (Å²) in [5.41, 5.74) is 7.91. The Hall–Kier alpha value is -2.40. The standard InChI is InChI=1S/C20H27N3O2.C5H12/c1-4-17(5-2)22-11-10-15-6-8-18(14(3)12-15)25-19-9-7-16(13-23-19)20(21)24;1-3-5-4-2/h6-9,12-13,17,22H,4-5,10-11H2,1-3H3,(H2,21,24);3-5H2,1-2H3. The van der Waals surface area contributed by atoms with E-state index < -0.39 is 5.91 Å². The molecule has 1 amide bonds. The van der Waals surface area contributed by atoms with Gasteiger partial charge in [-0.15, -0.1) is 0 Å². The maximum absolute atomic E-state index is 11.1. The van der Waals surface area contributed by atoms with E-state index in [1.54, 1.807) is 12.1 Å². The molecule has 1 aromatic heterocycles. The van der Waals surface area contributed by atoms with Crippen LogP contribution in [0.15, 0.2) is 36.5 Å². The van der Waals surface area contributed by atoms with Crippen molar-refractivity contribution >= 4 is 5.91 Å². The Kier molecular flexibility index (Phi) is 12.4. The monoisotopic (exact) mass is 413 g/mol. The van der Waals surface area contributed by atoms with E-state index in [4.69, 9.17) is 10.5 Å². The van der Waals surface area contributed by atoms with Crippen molar-refractivity contribution in [2.24, 2.45) is 5.73 Å². The summed E-state index contributed by atoms with van der Waals surface area (Å²) in [5, 5.41) is 3.58. The van der Waals surface area contributed by atoms with Gasteiger partial charge in [0, 0.05) is 18.3 Å². The molecule has 0 aliphatic carbocycles. The van der Waals surface area contributed by atoms with Crippen LogP contribution in [0.2, 0.25) is 0 Å². The maximum Gasteiger partial charge on any atom is 0.250 e. The Balaban J connectivity index is 0.000000804. The van der Waals surface area contributed by atoms with Crippen LogP contribution in [0.4, 0.5) is 0 Å². The number of pyridine rings is 1. The average Bonchev–Trinajstić information content (AvgIpc) is 2.74. The molecule has 5 heteroatoms. The third kappa shape index (κ3) is 9.40. The van der Waals surface area contributed by atoms with Crippen molar-refractivity contribution in [1.82, 2.24) is 10.3 Å². The number of ether oxygens (including phenoxy) is 1. The molecule has 0 atom stereocenters. The molecule has 1 heterocycles. The molecule has 0 fully saturated rings. The van der Waals surface area contributed by atoms with Crippen LogP contribution in [-0.4, -0.2) is 23.5 Å². The fraction of sp³-hybridized carbons (Fsp3) is 0.520. The van der Waals surface area contributed by atoms with E-state index in [-0.39, 0.29) is 0 Å². The van der Waals surface area contributed by atoms with E-state index in [0.717, 1.165) is 37.1 Å². The molecule has 0 bridgehead atoms. The number of amides is 1. The van der Waals surface area contributed by atoms with E-state index in [2.05, 4.69) is 50.1 Å². The summed E-state index contributed by atoms with van der Waals surface area (Å²) in [5.74, 6) is 0.703. The normalized spacial score (nSPS) is 10.5. The van der Waals surface area contributed by atoms with Gasteiger partial charge in [0.15, 0.2) is 0 Å². The first kappa shape index (κ1) is 25.6. The molecular weight excluding hydrogens is 374 g/mol. The molecule has 0 aliphatic heterocycles. The Morgan fingerprint density at radius 3 is 2.27 bits per heavy atom. The quantitative estimate of drug-likeness (QED) is 0.488. The van der Waals surface area contributed by atoms with Crippen LogP contribution in [-0.2, 0) is 6.42 Å². The van der Waals surface area contributed by atoms with Gasteiger partial charge in [-0.1, -0.05) is 59.1 Å². The summed E-state index contributed by atoms with van der Waals surface area (Å²) in [6.07, 6.45) is 8.80. The lowest BCUT2D eigenvalue weighted by Gasteiger charge is -2.15. The number of hydrogen-bond acceptors (Lipinski definition) is 4. The number of rotatable bonds is 11. The first-order valence-corrected chi connectivity index (χ1v) is 11.2. The SMILES string of the molecule is CCC(CC)NCCc1ccc(Oc2ccc(C(N)=O)cn2)c(C)c1.CCCCC. The third-order valence-electron chi connectivity index (χ3n) is 5.01. The van der Waals surface area contributed by atoms with Crippen molar-refractivity contribution in [2.75, 3.05) is 6.54 Å². The lowest BCUT2D eigenvalue weighted by atomic mass is 10.1. The summed E-state index contributed by atoms with van der Waals surface area (Å²) in [4.78, 5) is 15.2. The summed E-state index contributed by atoms with van der Waals surface area (Å²) in [6, 6.07) is 10.0. The Morgan fingerprint density at radius 2 is 1.80 bits per heavy atom. The number of aryl methyl sites for hydroxylation is 1. The minimum atomic E-state index is -0.499. The fourth-order valence-corrected chi connectivity index (χ4v) is 3.03. The number of primary amides is 1. The fourth-order valence-electron chi connectivity index (χ4n) is 3.03. The number of hydrogen-bond donors (Lipinski definition) is 2. The number of aromatic nitrogens is 1. The second-order valence-corrected chi connectivity index (χ2v) is 7.52. The first-order valence-electron chi connectivity index (χ1n) is 11.2. The van der Waals surface area contributed by atoms with Gasteiger partial charge < -0.3 is 15.8 Å². The van der Waals surface area contributed by atoms with E-state index in [0.29, 0.717) is 17.5 Å². The van der Waals surface area contributed by atoms with Gasteiger partial charge in [0.2, 0.25) is 11.8 Å². The second kappa shape index (κ2) is 14.6. The average molecular weight is 414 g/mol. The second-order valence-electron chi connectivity index (χ2n) is 7.52. The van der Waals surface area contributed by atoms with Crippen LogP contribution in [0.25, 0.3) is 0 Å². The van der Waals surface area contributed by atoms with E-state index in [9.17, 15) is 4.79 Å². The minimum Gasteiger partial charge on any atom is -0.439 e. The predicted octanol–water partition coefficient (Wildman–Crippen LogP) is 5.80. The van der Waals surface area contributed by atoms with Gasteiger partial charge in [0.25, 0.3) is 0 Å². The van der Waals surface area contributed by atoms with Crippen LogP contribution >= 0.6 is 0 Å². The van der Waals surface area contributed by atoms with Gasteiger partial charge in [-0.3, -0.25) is 4.79 Å². The molecular formula is C25H39N3O2. The maximum atomic E-state index is 11.1. The summed E-state index contributed by atoms with van der Waals surface area (Å²) < 4.78 is 5.80. The molecule has 30 heavy (non-hydrogen) atoms. The zero-order valence-electron chi connectivity index (χ0n) is 19.3. The van der Waals surface area contributed by atoms with Gasteiger partial charge in [0.05, 0.1) is 5.56 Å². The zero-order chi connectivity index (χ0) is 22.4. The minimum absolute atomic E-state index is 0.365. The highest BCUT2D eigenvalue weighted by Gasteiger charge is 2.07. The molecule has 0 saturated carbocycles. The summed E-state index contributed by atoms with van der Waals surface area (Å²) >= 11 is 0. The molecule has 3 N–H and O–H groups in total. The van der Waals surface area contributed by atoms with Gasteiger partial charge >= 0.3 is 0 Å². The van der Waals surface area contributed by atoms with Crippen LogP contribution < -0.4 is 15.8 Å². The third-order valence-corrected chi connectivity index (χ3v) is 5.01. The van der Waals surface area contributed by atoms with Crippen LogP contribution in [0.1, 0.15) is 81.3 Å². The zero-order valence-corrected chi connectivity index (χ0v) is 19.3. The van der Waals surface area contributed by atoms with E-state index in [1.807, 2.05) is 13.0 Å². The molecule has 0 aliphatic rings. The number of carbonyl (C=O) groups is 1. The van der Waals surface area contributed by atoms with Crippen molar-refractivity contribution < 1.29 is 9.53 Å². The highest BCUT2D eigenvalue weighted by molar-refractivity contribution is 5.92. The van der Waals surface area contributed by atoms with Crippen molar-refractivity contribution in [2.45, 2.75) is 79.2 Å². The Bertz CT molecular complexity index is 739. The highest BCUT2D eigenvalue weighted by atomic mass is 16.5. The molecule has 0 radical (unpaired) electrons. The largest absolute Gasteiger partial charge is 0.439 e. The molecule has 2 rings (SSSR count). The van der Waals surface area contributed by atoms with Crippen LogP contribution in [0.5, 0.6) is 11.6 Å². The van der Waals surface area contributed by atoms with Crippen molar-refractivity contribution in [3.05, 3.63) is 53.2 Å². The highest BCUT2D eigenvalue weighted by Crippen LogP contribution is 2.24. The summed E-state index contributed by atoms with van der Waals surface area (Å²) in [7, 11) is 0. The molecule has 0 unspecified atom stereocenters. The number of nitrogens with two attached hydrogens (primary N) is 1. The Labute approximate surface area is 182 Å². The van der Waals surface area contributed by atoms with Gasteiger partial charge in [-0.2, -0.15) is 0 Å². The van der Waals surface area contributed by atoms with Crippen LogP contribution in [0.3, 0.4) is 0 Å². The topological polar surface area (TPSA) is 77.2 Å². The number of carbonyl (C=O) groups excluding carboxylic acids is 1. The first-order chi connectivity index (χ1) is 14.4. The smallest absolute Gasteiger partial charge is 0.250 e. The molecule has 0 spiro atoms. The molecule has 1 aromatic carbocycles. The van der Waals surface area contributed by atoms with Crippen LogP contribution in [0, 0.1) is 6.92 Å². The lowest BCUT2D eigenvalue weighted by Crippen LogP contribution is -2.29. The van der Waals surface area contributed by atoms with Gasteiger partial charge in [-0.05, 0) is 56.0 Å². The van der Waals surface area contributed by atoms with Crippen molar-refractivity contribution in [1.29, 1.82) is 0 Å². The van der Waals surface area contributed by atoms with Gasteiger partial charge in [0.1, 0.15) is 5.75 Å². The molecule has 2 aromatic rings. The van der Waals surface area contributed by atoms with E-state index >= 15 is 0 Å². The van der Waals surface area contributed by atoms with Crippen molar-refractivity contribution in [3.8, 4) is 11.6 Å². The number of benzene rings is 1. The lowest BCUT2D eigenvalue weighted by molar-refractivity contribution is 0.1000. The predicted molar refractivity (Wildman–Crippen MR) is 125 cm³/mol. The van der Waals surface area contributed by atoms with E-state index in [1.165, 1.54) is 31.0 Å². The number of nitrogens with one attached hydrogen (secondary N) is 1.